The Morgan fingerprint density at radius 1 is 1.20 bits per heavy atom. The highest BCUT2D eigenvalue weighted by molar-refractivity contribution is 5.85. The third-order valence-corrected chi connectivity index (χ3v) is 5.38. The molecule has 0 radical (unpaired) electrons. The highest BCUT2D eigenvalue weighted by Crippen LogP contribution is 2.32. The van der Waals surface area contributed by atoms with E-state index < -0.39 is 12.2 Å². The summed E-state index contributed by atoms with van der Waals surface area (Å²) in [5.41, 5.74) is 9.30. The van der Waals surface area contributed by atoms with E-state index in [1.807, 2.05) is 28.5 Å². The first-order chi connectivity index (χ1) is 14.0. The molecule has 2 aromatic heterocycles. The predicted molar refractivity (Wildman–Crippen MR) is 114 cm³/mol. The van der Waals surface area contributed by atoms with Gasteiger partial charge in [-0.1, -0.05) is 0 Å². The fourth-order valence-corrected chi connectivity index (χ4v) is 3.74. The van der Waals surface area contributed by atoms with Crippen LogP contribution in [0.2, 0.25) is 0 Å². The molecule has 7 nitrogen and oxygen atoms in total. The molecule has 0 bridgehead atoms. The topological polar surface area (TPSA) is 108 Å². The van der Waals surface area contributed by atoms with Crippen LogP contribution in [0.3, 0.4) is 0 Å². The fraction of sp³-hybridized carbons (Fsp3) is 0.333. The van der Waals surface area contributed by atoms with Gasteiger partial charge >= 0.3 is 0 Å². The molecule has 1 saturated heterocycles. The van der Waals surface area contributed by atoms with E-state index in [1.165, 1.54) is 6.20 Å². The average Bonchev–Trinajstić information content (AvgIpc) is 3.13. The van der Waals surface area contributed by atoms with Gasteiger partial charge in [-0.3, -0.25) is 4.98 Å². The number of piperidine rings is 1. The van der Waals surface area contributed by atoms with Crippen LogP contribution in [0, 0.1) is 22.7 Å². The Balaban J connectivity index is 0.00000256. The molecular formula is C21H21ClFN7. The van der Waals surface area contributed by atoms with Gasteiger partial charge in [0.2, 0.25) is 5.95 Å². The van der Waals surface area contributed by atoms with Gasteiger partial charge in [0.1, 0.15) is 12.2 Å². The molecule has 1 aliphatic heterocycles. The first-order valence-electron chi connectivity index (χ1n) is 9.44. The molecule has 0 amide bonds. The highest BCUT2D eigenvalue weighted by Gasteiger charge is 2.30. The standard InChI is InChI=1S/C21H20FN7.ClH/c1-13(18-4-3-15(10-24)11-26-18)29-20-8-14(9-23)2-5-19(20)27-21(29)28-7-6-16(22)17(25)12-28;/h2-5,8,11,13,16-17H,6-7,12,25H2,1H3;1H/t13-,16+,17+;/m0./s1. The van der Waals surface area contributed by atoms with Gasteiger partial charge in [-0.25, -0.2) is 9.37 Å². The minimum absolute atomic E-state index is 0. The van der Waals surface area contributed by atoms with Crippen molar-refractivity contribution in [1.82, 2.24) is 14.5 Å². The zero-order valence-corrected chi connectivity index (χ0v) is 17.2. The lowest BCUT2D eigenvalue weighted by atomic mass is 10.1. The van der Waals surface area contributed by atoms with Gasteiger partial charge in [0.15, 0.2) is 0 Å². The van der Waals surface area contributed by atoms with Gasteiger partial charge in [-0.15, -0.1) is 12.4 Å². The van der Waals surface area contributed by atoms with Crippen LogP contribution in [-0.4, -0.2) is 39.8 Å². The molecule has 3 heterocycles. The molecule has 2 N–H and O–H groups in total. The normalized spacial score (nSPS) is 19.6. The molecule has 0 unspecified atom stereocenters. The van der Waals surface area contributed by atoms with Crippen molar-refractivity contribution in [3.8, 4) is 12.1 Å². The Bertz CT molecular complexity index is 1130. The van der Waals surface area contributed by atoms with Crippen molar-refractivity contribution < 1.29 is 4.39 Å². The summed E-state index contributed by atoms with van der Waals surface area (Å²) in [6.45, 7) is 2.86. The van der Waals surface area contributed by atoms with Gasteiger partial charge in [0.25, 0.3) is 0 Å². The van der Waals surface area contributed by atoms with Gasteiger partial charge in [-0.05, 0) is 43.7 Å². The fourth-order valence-electron chi connectivity index (χ4n) is 3.74. The molecule has 1 aliphatic rings. The lowest BCUT2D eigenvalue weighted by Crippen LogP contribution is -2.50. The number of rotatable bonds is 3. The summed E-state index contributed by atoms with van der Waals surface area (Å²) in [6.07, 6.45) is 0.861. The number of hydrogen-bond donors (Lipinski definition) is 1. The highest BCUT2D eigenvalue weighted by atomic mass is 35.5. The van der Waals surface area contributed by atoms with E-state index in [-0.39, 0.29) is 18.4 Å². The summed E-state index contributed by atoms with van der Waals surface area (Å²) in [5.74, 6) is 0.677. The second-order valence-corrected chi connectivity index (χ2v) is 7.27. The Morgan fingerprint density at radius 2 is 1.93 bits per heavy atom. The van der Waals surface area contributed by atoms with E-state index in [0.717, 1.165) is 16.7 Å². The van der Waals surface area contributed by atoms with Crippen LogP contribution in [0.1, 0.15) is 36.2 Å². The summed E-state index contributed by atoms with van der Waals surface area (Å²) >= 11 is 0. The summed E-state index contributed by atoms with van der Waals surface area (Å²) < 4.78 is 15.9. The third kappa shape index (κ3) is 3.80. The van der Waals surface area contributed by atoms with Crippen LogP contribution in [0.5, 0.6) is 0 Å². The molecule has 0 aliphatic carbocycles. The number of nitrogens with two attached hydrogens (primary N) is 1. The number of anilines is 1. The molecule has 0 spiro atoms. The monoisotopic (exact) mass is 425 g/mol. The van der Waals surface area contributed by atoms with E-state index in [1.54, 1.807) is 18.2 Å². The Hall–Kier alpha value is -3.20. The minimum atomic E-state index is -1.02. The molecule has 1 fully saturated rings. The maximum Gasteiger partial charge on any atom is 0.207 e. The molecule has 3 atom stereocenters. The summed E-state index contributed by atoms with van der Waals surface area (Å²) in [7, 11) is 0. The van der Waals surface area contributed by atoms with E-state index in [9.17, 15) is 9.65 Å². The largest absolute Gasteiger partial charge is 0.340 e. The van der Waals surface area contributed by atoms with Crippen LogP contribution in [0.15, 0.2) is 36.5 Å². The van der Waals surface area contributed by atoms with Crippen molar-refractivity contribution in [2.24, 2.45) is 5.73 Å². The predicted octanol–water partition coefficient (Wildman–Crippen LogP) is 3.08. The molecule has 3 aromatic rings. The average molecular weight is 426 g/mol. The number of aromatic nitrogens is 3. The zero-order chi connectivity index (χ0) is 20.5. The van der Waals surface area contributed by atoms with Crippen molar-refractivity contribution in [1.29, 1.82) is 10.5 Å². The van der Waals surface area contributed by atoms with Crippen molar-refractivity contribution in [3.05, 3.63) is 53.3 Å². The van der Waals surface area contributed by atoms with Crippen molar-refractivity contribution in [2.75, 3.05) is 18.0 Å². The van der Waals surface area contributed by atoms with E-state index in [2.05, 4.69) is 17.1 Å². The number of hydrogen-bond acceptors (Lipinski definition) is 6. The van der Waals surface area contributed by atoms with E-state index in [4.69, 9.17) is 16.0 Å². The van der Waals surface area contributed by atoms with Gasteiger partial charge < -0.3 is 15.2 Å². The van der Waals surface area contributed by atoms with Crippen LogP contribution in [-0.2, 0) is 0 Å². The smallest absolute Gasteiger partial charge is 0.207 e. The number of halogens is 2. The van der Waals surface area contributed by atoms with E-state index in [0.29, 0.717) is 36.6 Å². The number of alkyl halides is 1. The number of benzene rings is 1. The number of fused-ring (bicyclic) bond motifs is 1. The van der Waals surface area contributed by atoms with Crippen LogP contribution < -0.4 is 10.6 Å². The van der Waals surface area contributed by atoms with E-state index >= 15 is 0 Å². The number of pyridine rings is 1. The van der Waals surface area contributed by atoms with Crippen molar-refractivity contribution >= 4 is 29.4 Å². The molecule has 4 rings (SSSR count). The maximum absolute atomic E-state index is 13.9. The molecule has 0 saturated carbocycles. The molecule has 154 valence electrons. The lowest BCUT2D eigenvalue weighted by molar-refractivity contribution is 0.243. The van der Waals surface area contributed by atoms with Crippen LogP contribution in [0.25, 0.3) is 11.0 Å². The van der Waals surface area contributed by atoms with Crippen molar-refractivity contribution in [2.45, 2.75) is 31.6 Å². The maximum atomic E-state index is 13.9. The van der Waals surface area contributed by atoms with Gasteiger partial charge in [0, 0.05) is 19.3 Å². The molecule has 30 heavy (non-hydrogen) atoms. The first kappa shape index (κ1) is 21.5. The number of nitrogens with zero attached hydrogens (tertiary/aromatic N) is 6. The molecular weight excluding hydrogens is 405 g/mol. The van der Waals surface area contributed by atoms with Gasteiger partial charge in [0.05, 0.1) is 46.0 Å². The number of nitriles is 2. The quantitative estimate of drug-likeness (QED) is 0.690. The zero-order valence-electron chi connectivity index (χ0n) is 16.4. The summed E-state index contributed by atoms with van der Waals surface area (Å²) in [4.78, 5) is 11.2. The van der Waals surface area contributed by atoms with Gasteiger partial charge in [-0.2, -0.15) is 10.5 Å². The summed E-state index contributed by atoms with van der Waals surface area (Å²) in [5, 5.41) is 18.4. The lowest BCUT2D eigenvalue weighted by Gasteiger charge is -2.34. The minimum Gasteiger partial charge on any atom is -0.340 e. The molecule has 9 heteroatoms. The Kier molecular flexibility index (Phi) is 6.21. The molecule has 1 aromatic carbocycles. The third-order valence-electron chi connectivity index (χ3n) is 5.38. The second kappa shape index (κ2) is 8.66. The number of imidazole rings is 1. The summed E-state index contributed by atoms with van der Waals surface area (Å²) in [6, 6.07) is 12.3. The van der Waals surface area contributed by atoms with Crippen LogP contribution >= 0.6 is 12.4 Å². The van der Waals surface area contributed by atoms with Crippen molar-refractivity contribution in [3.63, 3.8) is 0 Å². The van der Waals surface area contributed by atoms with Crippen LogP contribution in [0.4, 0.5) is 10.3 Å². The SMILES string of the molecule is C[C@@H](c1ccc(C#N)cn1)n1c(N2CC[C@@H](F)[C@H](N)C2)nc2ccc(C#N)cc21.Cl. The second-order valence-electron chi connectivity index (χ2n) is 7.27. The Morgan fingerprint density at radius 3 is 2.57 bits per heavy atom. The Labute approximate surface area is 180 Å². The first-order valence-corrected chi connectivity index (χ1v) is 9.44.